The van der Waals surface area contributed by atoms with Crippen LogP contribution >= 0.6 is 0 Å². The van der Waals surface area contributed by atoms with Crippen LogP contribution in [-0.4, -0.2) is 30.4 Å². The van der Waals surface area contributed by atoms with E-state index in [1.165, 1.54) is 49.4 Å². The van der Waals surface area contributed by atoms with Crippen LogP contribution in [0.1, 0.15) is 17.3 Å². The number of ether oxygens (including phenoxy) is 1. The van der Waals surface area contributed by atoms with E-state index in [1.807, 2.05) is 0 Å². The zero-order valence-electron chi connectivity index (χ0n) is 14.3. The first-order valence-electron chi connectivity index (χ1n) is 7.90. The smallest absolute Gasteiger partial charge is 0.279 e. The Kier molecular flexibility index (Phi) is 6.81. The second-order valence-electron chi connectivity index (χ2n) is 5.41. The molecule has 3 N–H and O–H groups in total. The fourth-order valence-corrected chi connectivity index (χ4v) is 1.95. The largest absolute Gasteiger partial charge is 0.481 e. The van der Waals surface area contributed by atoms with Crippen molar-refractivity contribution in [2.45, 2.75) is 13.0 Å². The van der Waals surface area contributed by atoms with E-state index in [4.69, 9.17) is 4.74 Å². The fourth-order valence-electron chi connectivity index (χ4n) is 1.95. The third kappa shape index (κ3) is 6.07. The number of amides is 3. The maximum absolute atomic E-state index is 13.5. The molecule has 0 aliphatic heterocycles. The molecule has 27 heavy (non-hydrogen) atoms. The van der Waals surface area contributed by atoms with Crippen LogP contribution in [-0.2, 0) is 9.59 Å². The molecule has 3 amide bonds. The Morgan fingerprint density at radius 1 is 1.00 bits per heavy atom. The number of hydrazine groups is 1. The highest BCUT2D eigenvalue weighted by Crippen LogP contribution is 2.12. The van der Waals surface area contributed by atoms with Crippen molar-refractivity contribution in [3.05, 3.63) is 65.7 Å². The number of benzene rings is 2. The van der Waals surface area contributed by atoms with E-state index in [0.29, 0.717) is 0 Å². The maximum Gasteiger partial charge on any atom is 0.279 e. The third-order valence-electron chi connectivity index (χ3n) is 3.35. The number of halogens is 2. The van der Waals surface area contributed by atoms with Crippen molar-refractivity contribution in [3.63, 3.8) is 0 Å². The molecule has 1 atom stereocenters. The van der Waals surface area contributed by atoms with Crippen molar-refractivity contribution in [3.8, 4) is 5.75 Å². The number of carbonyl (C=O) groups is 3. The van der Waals surface area contributed by atoms with Gasteiger partial charge in [0.2, 0.25) is 0 Å². The van der Waals surface area contributed by atoms with Crippen molar-refractivity contribution in [1.82, 2.24) is 16.2 Å². The van der Waals surface area contributed by atoms with Crippen LogP contribution in [0.15, 0.2) is 48.5 Å². The standard InChI is InChI=1S/C18H17F2N3O4/c1-11(27-13-8-6-12(19)7-9-13)17(25)23-22-16(24)10-21-18(26)14-4-2-3-5-15(14)20/h2-9,11H,10H2,1H3,(H,21,26)(H,22,24)(H,23,25)/t11-/m1/s1. The van der Waals surface area contributed by atoms with Crippen LogP contribution < -0.4 is 20.9 Å². The highest BCUT2D eigenvalue weighted by atomic mass is 19.1. The van der Waals surface area contributed by atoms with E-state index in [9.17, 15) is 23.2 Å². The van der Waals surface area contributed by atoms with Gasteiger partial charge in [-0.3, -0.25) is 25.2 Å². The van der Waals surface area contributed by atoms with Crippen LogP contribution in [0.3, 0.4) is 0 Å². The van der Waals surface area contributed by atoms with E-state index in [0.717, 1.165) is 6.07 Å². The summed E-state index contributed by atoms with van der Waals surface area (Å²) >= 11 is 0. The van der Waals surface area contributed by atoms with Gasteiger partial charge in [-0.25, -0.2) is 8.78 Å². The first-order valence-corrected chi connectivity index (χ1v) is 7.90. The van der Waals surface area contributed by atoms with Crippen LogP contribution in [0.2, 0.25) is 0 Å². The maximum atomic E-state index is 13.5. The summed E-state index contributed by atoms with van der Waals surface area (Å²) < 4.78 is 31.6. The predicted octanol–water partition coefficient (Wildman–Crippen LogP) is 1.31. The lowest BCUT2D eigenvalue weighted by atomic mass is 10.2. The van der Waals surface area contributed by atoms with Gasteiger partial charge in [0.1, 0.15) is 17.4 Å². The van der Waals surface area contributed by atoms with Gasteiger partial charge in [0.25, 0.3) is 17.7 Å². The molecule has 142 valence electrons. The topological polar surface area (TPSA) is 96.5 Å². The molecule has 0 unspecified atom stereocenters. The molecule has 0 aromatic heterocycles. The lowest BCUT2D eigenvalue weighted by molar-refractivity contribution is -0.132. The molecule has 0 saturated carbocycles. The quantitative estimate of drug-likeness (QED) is 0.662. The van der Waals surface area contributed by atoms with E-state index in [2.05, 4.69) is 16.2 Å². The number of carbonyl (C=O) groups excluding carboxylic acids is 3. The lowest BCUT2D eigenvalue weighted by Gasteiger charge is -2.15. The summed E-state index contributed by atoms with van der Waals surface area (Å²) in [5.41, 5.74) is 4.02. The van der Waals surface area contributed by atoms with Gasteiger partial charge in [0.05, 0.1) is 12.1 Å². The summed E-state index contributed by atoms with van der Waals surface area (Å²) in [7, 11) is 0. The van der Waals surface area contributed by atoms with Crippen molar-refractivity contribution in [2.75, 3.05) is 6.54 Å². The van der Waals surface area contributed by atoms with Crippen molar-refractivity contribution in [1.29, 1.82) is 0 Å². The Hall–Kier alpha value is -3.49. The van der Waals surface area contributed by atoms with Crippen molar-refractivity contribution in [2.24, 2.45) is 0 Å². The number of rotatable bonds is 6. The molecule has 0 bridgehead atoms. The predicted molar refractivity (Wildman–Crippen MR) is 91.5 cm³/mol. The summed E-state index contributed by atoms with van der Waals surface area (Å²) in [6.45, 7) is 0.964. The Labute approximate surface area is 153 Å². The molecule has 0 radical (unpaired) electrons. The third-order valence-corrected chi connectivity index (χ3v) is 3.35. The minimum absolute atomic E-state index is 0.198. The second-order valence-corrected chi connectivity index (χ2v) is 5.41. The lowest BCUT2D eigenvalue weighted by Crippen LogP contribution is -2.50. The summed E-state index contributed by atoms with van der Waals surface area (Å²) in [6, 6.07) is 10.4. The van der Waals surface area contributed by atoms with Gasteiger partial charge >= 0.3 is 0 Å². The summed E-state index contributed by atoms with van der Waals surface area (Å²) in [5.74, 6) is -3.01. The molecule has 0 spiro atoms. The number of hydrogen-bond acceptors (Lipinski definition) is 4. The van der Waals surface area contributed by atoms with Gasteiger partial charge in [-0.05, 0) is 43.3 Å². The molecule has 0 aliphatic carbocycles. The highest BCUT2D eigenvalue weighted by Gasteiger charge is 2.16. The van der Waals surface area contributed by atoms with Gasteiger partial charge < -0.3 is 10.1 Å². The zero-order valence-corrected chi connectivity index (χ0v) is 14.3. The van der Waals surface area contributed by atoms with Gasteiger partial charge in [0, 0.05) is 0 Å². The minimum Gasteiger partial charge on any atom is -0.481 e. The van der Waals surface area contributed by atoms with E-state index >= 15 is 0 Å². The van der Waals surface area contributed by atoms with Crippen LogP contribution in [0.25, 0.3) is 0 Å². The van der Waals surface area contributed by atoms with Crippen LogP contribution in [0.4, 0.5) is 8.78 Å². The summed E-state index contributed by atoms with van der Waals surface area (Å²) in [4.78, 5) is 35.3. The average Bonchev–Trinajstić information content (AvgIpc) is 2.66. The van der Waals surface area contributed by atoms with Crippen molar-refractivity contribution >= 4 is 17.7 Å². The summed E-state index contributed by atoms with van der Waals surface area (Å²) in [6.07, 6.45) is -0.969. The first-order chi connectivity index (χ1) is 12.9. The van der Waals surface area contributed by atoms with Crippen molar-refractivity contribution < 1.29 is 27.9 Å². The molecular formula is C18H17F2N3O4. The molecule has 0 saturated heterocycles. The molecule has 0 heterocycles. The molecule has 2 rings (SSSR count). The van der Waals surface area contributed by atoms with Gasteiger partial charge in [-0.15, -0.1) is 0 Å². The molecule has 7 nitrogen and oxygen atoms in total. The van der Waals surface area contributed by atoms with E-state index in [-0.39, 0.29) is 11.3 Å². The fraction of sp³-hybridized carbons (Fsp3) is 0.167. The normalized spacial score (nSPS) is 11.2. The number of nitrogens with one attached hydrogen (secondary N) is 3. The first kappa shape index (κ1) is 19.8. The van der Waals surface area contributed by atoms with Gasteiger partial charge in [-0.1, -0.05) is 12.1 Å². The molecule has 0 fully saturated rings. The Bertz CT molecular complexity index is 828. The summed E-state index contributed by atoms with van der Waals surface area (Å²) in [5, 5.41) is 2.23. The monoisotopic (exact) mass is 377 g/mol. The minimum atomic E-state index is -0.969. The average molecular weight is 377 g/mol. The molecule has 2 aromatic carbocycles. The zero-order chi connectivity index (χ0) is 19.8. The second kappa shape index (κ2) is 9.27. The Morgan fingerprint density at radius 3 is 2.33 bits per heavy atom. The Balaban J connectivity index is 1.74. The van der Waals surface area contributed by atoms with E-state index < -0.39 is 42.0 Å². The van der Waals surface area contributed by atoms with Crippen LogP contribution in [0.5, 0.6) is 5.75 Å². The van der Waals surface area contributed by atoms with Gasteiger partial charge in [0.15, 0.2) is 6.10 Å². The highest BCUT2D eigenvalue weighted by molar-refractivity contribution is 5.96. The van der Waals surface area contributed by atoms with E-state index in [1.54, 1.807) is 0 Å². The van der Waals surface area contributed by atoms with Gasteiger partial charge in [-0.2, -0.15) is 0 Å². The SMILES string of the molecule is C[C@@H](Oc1ccc(F)cc1)C(=O)NNC(=O)CNC(=O)c1ccccc1F. The number of hydrogen-bond donors (Lipinski definition) is 3. The molecular weight excluding hydrogens is 360 g/mol. The molecule has 2 aromatic rings. The Morgan fingerprint density at radius 2 is 1.67 bits per heavy atom. The molecule has 0 aliphatic rings. The molecule has 9 heteroatoms. The van der Waals surface area contributed by atoms with Crippen LogP contribution in [0, 0.1) is 11.6 Å².